The summed E-state index contributed by atoms with van der Waals surface area (Å²) in [7, 11) is 0. The Labute approximate surface area is 377 Å². The Morgan fingerprint density at radius 3 is 2.25 bits per heavy atom. The van der Waals surface area contributed by atoms with E-state index in [2.05, 4.69) is 26.3 Å². The number of Topliss-reactive ketones (excluding diaryl/α,β-unsaturated/α-hetero) is 1. The number of carbonyl (C=O) groups is 6. The van der Waals surface area contributed by atoms with Crippen LogP contribution in [0.15, 0.2) is 17.1 Å². The first-order valence-electron chi connectivity index (χ1n) is 21.3. The minimum absolute atomic E-state index is 0.0203. The van der Waals surface area contributed by atoms with Gasteiger partial charge in [0.2, 0.25) is 11.8 Å². The number of carboxylic acids is 1. The SMILES string of the molecule is CC.CCC(=O)CNCOC(C)(C)CCC(=O)NC(CSC1CCC1SCC(NC(C)(C)C)C(=O)NCCC(=O)OCC(=O)OC[C@H]1C[C@@H](F)[C@@H](n2ccc(N)nc2=O)O1)C(=O)O. The number of hydrogen-bond acceptors (Lipinski definition) is 17. The van der Waals surface area contributed by atoms with E-state index < -0.39 is 77.8 Å². The number of hydrogen-bond donors (Lipinski definition) is 6. The number of aromatic nitrogens is 2. The Kier molecular flexibility index (Phi) is 24.1. The summed E-state index contributed by atoms with van der Waals surface area (Å²) in [6, 6.07) is -0.366. The smallest absolute Gasteiger partial charge is 0.351 e. The van der Waals surface area contributed by atoms with Gasteiger partial charge in [0.25, 0.3) is 0 Å². The highest BCUT2D eigenvalue weighted by molar-refractivity contribution is 8.04. The first kappa shape index (κ1) is 55.3. The standard InChI is InChI=1S/C39H62FN7O12S2.C2H6/c1-7-23(48)17-42-22-58-39(5,6)13-10-31(49)44-27(36(53)54)21-61-29-9-8-28(29)60-20-26(46-38(2,3)4)34(52)43-14-11-32(50)57-19-33(51)56-18-24-16-25(40)35(59-24)47-15-12-30(41)45-37(47)55;1-2/h12,15,24-29,35,42,46H,7-11,13-14,16-22H2,1-6H3,(H,43,52)(H,44,49)(H,53,54)(H2,41,45,55);1-2H3/t24-,25-,26?,27?,28?,29?,35+;/m1./s1. The second-order valence-corrected chi connectivity index (χ2v) is 19.0. The molecule has 0 spiro atoms. The van der Waals surface area contributed by atoms with Crippen molar-refractivity contribution in [3.8, 4) is 0 Å². The van der Waals surface area contributed by atoms with Crippen LogP contribution in [0.25, 0.3) is 0 Å². The largest absolute Gasteiger partial charge is 0.480 e. The zero-order chi connectivity index (χ0) is 47.3. The summed E-state index contributed by atoms with van der Waals surface area (Å²) in [4.78, 5) is 89.6. The molecule has 2 fully saturated rings. The van der Waals surface area contributed by atoms with Crippen molar-refractivity contribution >= 4 is 64.8 Å². The van der Waals surface area contributed by atoms with Crippen molar-refractivity contribution in [1.29, 1.82) is 0 Å². The van der Waals surface area contributed by atoms with Gasteiger partial charge in [-0.25, -0.2) is 18.8 Å². The predicted molar refractivity (Wildman–Crippen MR) is 238 cm³/mol. The van der Waals surface area contributed by atoms with Crippen molar-refractivity contribution in [2.75, 3.05) is 50.3 Å². The predicted octanol–water partition coefficient (Wildman–Crippen LogP) is 2.50. The van der Waals surface area contributed by atoms with E-state index >= 15 is 0 Å². The van der Waals surface area contributed by atoms with Crippen molar-refractivity contribution < 1.29 is 57.2 Å². The molecule has 1 aliphatic heterocycles. The number of ketones is 1. The van der Waals surface area contributed by atoms with E-state index in [4.69, 9.17) is 24.7 Å². The maximum Gasteiger partial charge on any atom is 0.351 e. The zero-order valence-corrected chi connectivity index (χ0v) is 39.3. The van der Waals surface area contributed by atoms with E-state index in [0.29, 0.717) is 18.6 Å². The lowest BCUT2D eigenvalue weighted by atomic mass is 9.99. The van der Waals surface area contributed by atoms with Crippen molar-refractivity contribution in [3.63, 3.8) is 0 Å². The lowest BCUT2D eigenvalue weighted by molar-refractivity contribution is -0.161. The van der Waals surface area contributed by atoms with E-state index in [1.165, 1.54) is 24.0 Å². The van der Waals surface area contributed by atoms with Crippen LogP contribution >= 0.6 is 23.5 Å². The van der Waals surface area contributed by atoms with Crippen molar-refractivity contribution in [2.45, 2.75) is 153 Å². The number of thioether (sulfide) groups is 2. The highest BCUT2D eigenvalue weighted by Gasteiger charge is 2.38. The van der Waals surface area contributed by atoms with Crippen LogP contribution < -0.4 is 32.7 Å². The van der Waals surface area contributed by atoms with E-state index in [9.17, 15) is 43.1 Å². The summed E-state index contributed by atoms with van der Waals surface area (Å²) < 4.78 is 36.9. The number of amides is 2. The van der Waals surface area contributed by atoms with E-state index in [1.54, 1.807) is 18.7 Å². The third kappa shape index (κ3) is 21.1. The number of alkyl halides is 1. The number of nitrogens with zero attached hydrogens (tertiary/aromatic N) is 2. The molecule has 358 valence electrons. The highest BCUT2D eigenvalue weighted by Crippen LogP contribution is 2.40. The number of ether oxygens (including phenoxy) is 4. The molecule has 1 saturated heterocycles. The molecule has 0 aromatic carbocycles. The minimum Gasteiger partial charge on any atom is -0.480 e. The van der Waals surface area contributed by atoms with Gasteiger partial charge in [-0.1, -0.05) is 20.8 Å². The Balaban J connectivity index is 0.00000672. The molecule has 2 aliphatic rings. The average molecular weight is 934 g/mol. The summed E-state index contributed by atoms with van der Waals surface area (Å²) in [5, 5.41) is 21.7. The van der Waals surface area contributed by atoms with Crippen LogP contribution in [0, 0.1) is 0 Å². The van der Waals surface area contributed by atoms with Crippen molar-refractivity contribution in [1.82, 2.24) is 30.8 Å². The zero-order valence-electron chi connectivity index (χ0n) is 37.7. The van der Waals surface area contributed by atoms with Gasteiger partial charge in [0.1, 0.15) is 30.4 Å². The van der Waals surface area contributed by atoms with Crippen LogP contribution in [0.2, 0.25) is 0 Å². The molecule has 1 aliphatic carbocycles. The molecule has 2 amide bonds. The summed E-state index contributed by atoms with van der Waals surface area (Å²) in [6.45, 7) is 14.4. The molecule has 0 radical (unpaired) electrons. The molecule has 1 saturated carbocycles. The van der Waals surface area contributed by atoms with Crippen LogP contribution in [0.3, 0.4) is 0 Å². The fourth-order valence-electron chi connectivity index (χ4n) is 5.98. The maximum absolute atomic E-state index is 14.6. The van der Waals surface area contributed by atoms with Crippen molar-refractivity contribution in [2.24, 2.45) is 0 Å². The molecule has 0 bridgehead atoms. The monoisotopic (exact) mass is 933 g/mol. The number of aliphatic carboxylic acids is 1. The van der Waals surface area contributed by atoms with Crippen LogP contribution in [0.4, 0.5) is 10.2 Å². The summed E-state index contributed by atoms with van der Waals surface area (Å²) in [6.07, 6.45) is -0.176. The molecule has 7 atom stereocenters. The second-order valence-electron chi connectivity index (χ2n) is 16.4. The summed E-state index contributed by atoms with van der Waals surface area (Å²) in [5.74, 6) is -2.87. The number of anilines is 1. The Morgan fingerprint density at radius 1 is 1.02 bits per heavy atom. The van der Waals surface area contributed by atoms with Crippen LogP contribution in [0.5, 0.6) is 0 Å². The fraction of sp³-hybridized carbons (Fsp3) is 0.756. The van der Waals surface area contributed by atoms with Gasteiger partial charge < -0.3 is 45.7 Å². The minimum atomic E-state index is -1.56. The molecule has 3 rings (SSSR count). The van der Waals surface area contributed by atoms with Gasteiger partial charge in [0.15, 0.2) is 12.8 Å². The highest BCUT2D eigenvalue weighted by atomic mass is 32.2. The van der Waals surface area contributed by atoms with E-state index in [1.807, 2.05) is 48.5 Å². The number of esters is 2. The van der Waals surface area contributed by atoms with Crippen LogP contribution in [-0.2, 0) is 47.7 Å². The number of nitrogens with two attached hydrogens (primary N) is 1. The van der Waals surface area contributed by atoms with E-state index in [0.717, 1.165) is 17.4 Å². The van der Waals surface area contributed by atoms with Crippen LogP contribution in [-0.4, -0.2) is 141 Å². The quantitative estimate of drug-likeness (QED) is 0.0420. The van der Waals surface area contributed by atoms with Gasteiger partial charge in [-0.2, -0.15) is 28.5 Å². The summed E-state index contributed by atoms with van der Waals surface area (Å²) >= 11 is 3.07. The molecule has 4 unspecified atom stereocenters. The number of nitrogen functional groups attached to an aromatic ring is 1. The molecule has 22 heteroatoms. The second kappa shape index (κ2) is 27.5. The van der Waals surface area contributed by atoms with Crippen molar-refractivity contribution in [3.05, 3.63) is 22.7 Å². The number of halogens is 1. The van der Waals surface area contributed by atoms with E-state index in [-0.39, 0.29) is 79.5 Å². The molecular weight excluding hydrogens is 866 g/mol. The van der Waals surface area contributed by atoms with Crippen LogP contribution in [0.1, 0.15) is 107 Å². The third-order valence-corrected chi connectivity index (χ3v) is 12.8. The number of carbonyl (C=O) groups excluding carboxylic acids is 5. The lowest BCUT2D eigenvalue weighted by Crippen LogP contribution is -2.53. The normalized spacial score (nSPS) is 20.6. The third-order valence-electron chi connectivity index (χ3n) is 9.56. The van der Waals surface area contributed by atoms with Gasteiger partial charge in [0.05, 0.1) is 37.4 Å². The number of rotatable bonds is 27. The van der Waals surface area contributed by atoms with Gasteiger partial charge in [0, 0.05) is 59.5 Å². The fourth-order valence-corrected chi connectivity index (χ4v) is 9.10. The molecule has 7 N–H and O–H groups in total. The molecule has 19 nitrogen and oxygen atoms in total. The molecule has 63 heavy (non-hydrogen) atoms. The molecule has 1 aromatic rings. The number of carboxylic acid groups (broad SMARTS) is 1. The Bertz CT molecular complexity index is 1720. The Hall–Kier alpha value is -3.83. The topological polar surface area (TPSA) is 269 Å². The lowest BCUT2D eigenvalue weighted by Gasteiger charge is -2.37. The van der Waals surface area contributed by atoms with Gasteiger partial charge in [-0.05, 0) is 59.9 Å². The molecule has 2 heterocycles. The number of nitrogens with one attached hydrogen (secondary N) is 4. The first-order valence-corrected chi connectivity index (χ1v) is 23.4. The summed E-state index contributed by atoms with van der Waals surface area (Å²) in [5.41, 5.74) is 3.60. The average Bonchev–Trinajstić information content (AvgIpc) is 3.58. The first-order chi connectivity index (χ1) is 29.7. The Morgan fingerprint density at radius 2 is 1.67 bits per heavy atom. The van der Waals surface area contributed by atoms with Gasteiger partial charge in [-0.3, -0.25) is 29.1 Å². The molecule has 1 aromatic heterocycles. The van der Waals surface area contributed by atoms with Gasteiger partial charge >= 0.3 is 23.6 Å². The van der Waals surface area contributed by atoms with Gasteiger partial charge in [-0.15, -0.1) is 0 Å². The molecular formula is C41H68FN7O12S2. The maximum atomic E-state index is 14.6.